The molecule has 1 aromatic heterocycles. The molecule has 0 spiro atoms. The van der Waals surface area contributed by atoms with E-state index in [9.17, 15) is 0 Å². The van der Waals surface area contributed by atoms with E-state index in [4.69, 9.17) is 15.0 Å². The third-order valence-electron chi connectivity index (χ3n) is 21.5. The number of anilines is 6. The lowest BCUT2D eigenvalue weighted by atomic mass is 9.32. The van der Waals surface area contributed by atoms with Gasteiger partial charge in [0, 0.05) is 50.8 Å². The first-order valence-electron chi connectivity index (χ1n) is 35.2. The smallest absolute Gasteiger partial charge is 0.253 e. The summed E-state index contributed by atoms with van der Waals surface area (Å²) in [5, 5.41) is 15.1. The zero-order chi connectivity index (χ0) is 67.8. The average molecular weight is 1280 g/mol. The molecule has 0 saturated heterocycles. The van der Waals surface area contributed by atoms with Gasteiger partial charge in [0.15, 0.2) is 17.5 Å². The Kier molecular flexibility index (Phi) is 13.3. The second-order valence-corrected chi connectivity index (χ2v) is 32.1. The molecule has 2 aliphatic heterocycles. The Hall–Kier alpha value is -10.9. The Morgan fingerprint density at radius 3 is 0.889 bits per heavy atom. The number of hydrogen-bond donors (Lipinski definition) is 0. The van der Waals surface area contributed by atoms with Crippen LogP contribution in [0.3, 0.4) is 0 Å². The highest BCUT2D eigenvalue weighted by Crippen LogP contribution is 2.51. The highest BCUT2D eigenvalue weighted by molar-refractivity contribution is 7.03. The van der Waals surface area contributed by atoms with Crippen molar-refractivity contribution in [3.63, 3.8) is 0 Å². The fourth-order valence-corrected chi connectivity index (χ4v) is 16.2. The second kappa shape index (κ2) is 21.8. The largest absolute Gasteiger partial charge is 0.311 e. The maximum absolute atomic E-state index is 5.85. The van der Waals surface area contributed by atoms with Crippen LogP contribution in [0.1, 0.15) is 105 Å². The first-order valence-corrected chi connectivity index (χ1v) is 35.2. The van der Waals surface area contributed by atoms with Gasteiger partial charge in [-0.1, -0.05) is 265 Å². The predicted molar refractivity (Wildman–Crippen MR) is 423 cm³/mol. The number of benzene rings is 15. The molecule has 2 aliphatic rings. The van der Waals surface area contributed by atoms with Crippen molar-refractivity contribution in [3.05, 3.63) is 277 Å². The molecular formula is C93H78BN5. The molecule has 0 fully saturated rings. The van der Waals surface area contributed by atoms with Crippen molar-refractivity contribution in [3.8, 4) is 56.4 Å². The van der Waals surface area contributed by atoms with E-state index in [1.807, 2.05) is 0 Å². The summed E-state index contributed by atoms with van der Waals surface area (Å²) >= 11 is 0. The third-order valence-corrected chi connectivity index (χ3v) is 21.5. The quantitative estimate of drug-likeness (QED) is 0.118. The summed E-state index contributed by atoms with van der Waals surface area (Å²) in [5.74, 6) is 1.88. The molecule has 0 bridgehead atoms. The van der Waals surface area contributed by atoms with E-state index in [1.54, 1.807) is 0 Å². The van der Waals surface area contributed by atoms with Crippen molar-refractivity contribution >= 4 is 122 Å². The van der Waals surface area contributed by atoms with Crippen LogP contribution in [0.2, 0.25) is 0 Å². The zero-order valence-corrected chi connectivity index (χ0v) is 58.6. The van der Waals surface area contributed by atoms with Crippen molar-refractivity contribution in [2.45, 2.75) is 105 Å². The summed E-state index contributed by atoms with van der Waals surface area (Å²) in [7, 11) is 0. The standard InChI is InChI=1S/C93H78BN5/c1-90(2,3)68-45-65(46-69(53-68)91(4,5)6)87-95-88(66-47-70(92(7,8)9)54-71(48-66)93(10,11)12)97-89(96-87)67-51-78-86-79(52-67)99(73-41-35-58(36-42-73)56-23-17-14-18-24-56)77-50-64-32-30-60-26-20-28-62-38-44-75(83(64)81(60)62)85(77)94(86)84-74-43-37-61-27-19-25-59-29-31-63(82(74)80(59)61)49-76(84)98(78)72-39-33-57(34-40-72)55-21-15-13-16-22-55/h13-54H,1-12H3. The van der Waals surface area contributed by atoms with E-state index in [0.717, 1.165) is 61.9 Å². The lowest BCUT2D eigenvalue weighted by Gasteiger charge is -2.45. The number of rotatable bonds is 7. The van der Waals surface area contributed by atoms with Gasteiger partial charge in [0.2, 0.25) is 0 Å². The van der Waals surface area contributed by atoms with Gasteiger partial charge in [0.1, 0.15) is 0 Å². The Bertz CT molecular complexity index is 5490. The molecule has 18 rings (SSSR count). The van der Waals surface area contributed by atoms with Crippen LogP contribution in [0.4, 0.5) is 34.1 Å². The fraction of sp³-hybridized carbons (Fsp3) is 0.172. The van der Waals surface area contributed by atoms with Crippen molar-refractivity contribution in [2.24, 2.45) is 0 Å². The summed E-state index contributed by atoms with van der Waals surface area (Å²) in [6.45, 7) is 27.4. The van der Waals surface area contributed by atoms with Crippen molar-refractivity contribution < 1.29 is 0 Å². The van der Waals surface area contributed by atoms with E-state index in [0.29, 0.717) is 17.5 Å². The van der Waals surface area contributed by atoms with Gasteiger partial charge in [-0.15, -0.1) is 0 Å². The zero-order valence-electron chi connectivity index (χ0n) is 58.6. The van der Waals surface area contributed by atoms with Crippen LogP contribution in [0, 0.1) is 0 Å². The summed E-state index contributed by atoms with van der Waals surface area (Å²) in [4.78, 5) is 22.6. The molecule has 478 valence electrons. The minimum absolute atomic E-state index is 0.156. The molecule has 3 heterocycles. The van der Waals surface area contributed by atoms with Crippen LogP contribution < -0.4 is 26.2 Å². The molecule has 0 radical (unpaired) electrons. The molecule has 99 heavy (non-hydrogen) atoms. The summed E-state index contributed by atoms with van der Waals surface area (Å²) in [6.07, 6.45) is 0. The molecule has 0 aliphatic carbocycles. The highest BCUT2D eigenvalue weighted by Gasteiger charge is 2.46. The number of fused-ring (bicyclic) bond motifs is 6. The fourth-order valence-electron chi connectivity index (χ4n) is 16.2. The van der Waals surface area contributed by atoms with E-state index in [1.165, 1.54) is 114 Å². The molecule has 16 aromatic rings. The highest BCUT2D eigenvalue weighted by atomic mass is 15.2. The van der Waals surface area contributed by atoms with Crippen molar-refractivity contribution in [1.82, 2.24) is 15.0 Å². The van der Waals surface area contributed by atoms with E-state index < -0.39 is 0 Å². The molecule has 6 heteroatoms. The van der Waals surface area contributed by atoms with Crippen LogP contribution in [-0.4, -0.2) is 21.7 Å². The van der Waals surface area contributed by atoms with Gasteiger partial charge in [0.25, 0.3) is 6.71 Å². The van der Waals surface area contributed by atoms with Gasteiger partial charge in [-0.2, -0.15) is 0 Å². The maximum atomic E-state index is 5.85. The monoisotopic (exact) mass is 1280 g/mol. The molecule has 0 saturated carbocycles. The van der Waals surface area contributed by atoms with Gasteiger partial charge >= 0.3 is 0 Å². The lowest BCUT2D eigenvalue weighted by molar-refractivity contribution is 0.568. The topological polar surface area (TPSA) is 45.2 Å². The normalized spacial score (nSPS) is 13.4. The number of nitrogens with zero attached hydrogens (tertiary/aromatic N) is 5. The number of aromatic nitrogens is 3. The summed E-state index contributed by atoms with van der Waals surface area (Å²) in [6, 6.07) is 96.6. The Balaban J connectivity index is 1.00. The van der Waals surface area contributed by atoms with Gasteiger partial charge < -0.3 is 9.80 Å². The number of hydrogen-bond acceptors (Lipinski definition) is 5. The SMILES string of the molecule is CC(C)(C)c1cc(-c2nc(-c3cc(C(C)(C)C)cc(C(C)(C)C)c3)nc(-c3cc4c5c(c3)N(c3ccc(-c6ccccc6)cc3)c3cc6ccc7cccc8ccc(c3B5c3c(cc5ccc9cccc%10ccc3c5c9%10)N4c3ccc(-c4ccccc4)cc3)c6c78)n2)cc(C(C)(C)C)c1. The van der Waals surface area contributed by atoms with E-state index in [2.05, 4.69) is 348 Å². The van der Waals surface area contributed by atoms with Crippen LogP contribution in [-0.2, 0) is 21.7 Å². The first-order chi connectivity index (χ1) is 47.6. The second-order valence-electron chi connectivity index (χ2n) is 32.1. The van der Waals surface area contributed by atoms with Crippen molar-refractivity contribution in [1.29, 1.82) is 0 Å². The third kappa shape index (κ3) is 9.83. The molecular weight excluding hydrogens is 1200 g/mol. The van der Waals surface area contributed by atoms with Crippen LogP contribution >= 0.6 is 0 Å². The van der Waals surface area contributed by atoms with Gasteiger partial charge in [-0.05, 0) is 220 Å². The Labute approximate surface area is 581 Å². The Morgan fingerprint density at radius 1 is 0.242 bits per heavy atom. The van der Waals surface area contributed by atoms with Gasteiger partial charge in [0.05, 0.1) is 0 Å². The van der Waals surface area contributed by atoms with Crippen LogP contribution in [0.5, 0.6) is 0 Å². The van der Waals surface area contributed by atoms with Gasteiger partial charge in [-0.25, -0.2) is 15.0 Å². The molecule has 0 N–H and O–H groups in total. The molecule has 0 amide bonds. The minimum atomic E-state index is -0.251. The average Bonchev–Trinajstić information content (AvgIpc) is 0.675. The molecule has 15 aromatic carbocycles. The molecule has 0 unspecified atom stereocenters. The van der Waals surface area contributed by atoms with Crippen LogP contribution in [0.25, 0.3) is 121 Å². The van der Waals surface area contributed by atoms with Crippen LogP contribution in [0.15, 0.2) is 255 Å². The minimum Gasteiger partial charge on any atom is -0.311 e. The predicted octanol–water partition coefficient (Wildman–Crippen LogP) is 23.3. The summed E-state index contributed by atoms with van der Waals surface area (Å²) in [5.41, 5.74) is 22.1. The maximum Gasteiger partial charge on any atom is 0.253 e. The first kappa shape index (κ1) is 60.5. The Morgan fingerprint density at radius 2 is 0.545 bits per heavy atom. The van der Waals surface area contributed by atoms with E-state index >= 15 is 0 Å². The van der Waals surface area contributed by atoms with Crippen molar-refractivity contribution in [2.75, 3.05) is 9.80 Å². The lowest BCUT2D eigenvalue weighted by Crippen LogP contribution is -2.61. The van der Waals surface area contributed by atoms with E-state index in [-0.39, 0.29) is 28.4 Å². The molecule has 0 atom stereocenters. The summed E-state index contributed by atoms with van der Waals surface area (Å²) < 4.78 is 0. The molecule has 5 nitrogen and oxygen atoms in total. The van der Waals surface area contributed by atoms with Gasteiger partial charge in [-0.3, -0.25) is 0 Å².